The van der Waals surface area contributed by atoms with Crippen LogP contribution in [0.4, 0.5) is 0 Å². The molecule has 2 aromatic rings. The Kier molecular flexibility index (Phi) is 3.39. The molecule has 2 rings (SSSR count). The van der Waals surface area contributed by atoms with E-state index >= 15 is 0 Å². The number of hydrogen-bond acceptors (Lipinski definition) is 2. The molecule has 3 heteroatoms. The maximum absolute atomic E-state index is 6.28. The molecule has 0 saturated heterocycles. The minimum Gasteiger partial charge on any atom is -0.158 e. The predicted octanol–water partition coefficient (Wildman–Crippen LogP) is 3.75. The SMILES string of the molecule is CCC(Cl)C(C)c1nncc2ccccc12. The second kappa shape index (κ2) is 4.79. The minimum absolute atomic E-state index is 0.111. The van der Waals surface area contributed by atoms with Gasteiger partial charge in [-0.25, -0.2) is 0 Å². The molecule has 2 nitrogen and oxygen atoms in total. The number of alkyl halides is 1. The van der Waals surface area contributed by atoms with Crippen molar-refractivity contribution in [2.45, 2.75) is 31.6 Å². The summed E-state index contributed by atoms with van der Waals surface area (Å²) in [5.74, 6) is 0.227. The maximum atomic E-state index is 6.28. The molecular formula is C13H15ClN2. The van der Waals surface area contributed by atoms with Crippen LogP contribution in [0.1, 0.15) is 31.9 Å². The first-order chi connectivity index (χ1) is 7.74. The predicted molar refractivity (Wildman–Crippen MR) is 67.9 cm³/mol. The van der Waals surface area contributed by atoms with Crippen LogP contribution >= 0.6 is 11.6 Å². The standard InChI is InChI=1S/C13H15ClN2/c1-3-12(14)9(2)13-11-7-5-4-6-10(11)8-15-16-13/h4-9,12H,3H2,1-2H3. The number of aromatic nitrogens is 2. The topological polar surface area (TPSA) is 25.8 Å². The molecule has 1 heterocycles. The summed E-state index contributed by atoms with van der Waals surface area (Å²) in [6.07, 6.45) is 2.73. The fourth-order valence-corrected chi connectivity index (χ4v) is 2.03. The molecule has 0 N–H and O–H groups in total. The van der Waals surface area contributed by atoms with Gasteiger partial charge < -0.3 is 0 Å². The van der Waals surface area contributed by atoms with Crippen molar-refractivity contribution < 1.29 is 0 Å². The summed E-state index contributed by atoms with van der Waals surface area (Å²) in [7, 11) is 0. The van der Waals surface area contributed by atoms with Gasteiger partial charge in [0.1, 0.15) is 0 Å². The van der Waals surface area contributed by atoms with Gasteiger partial charge in [-0.15, -0.1) is 11.6 Å². The second-order valence-corrected chi connectivity index (χ2v) is 4.59. The second-order valence-electron chi connectivity index (χ2n) is 4.03. The van der Waals surface area contributed by atoms with Crippen molar-refractivity contribution in [3.63, 3.8) is 0 Å². The highest BCUT2D eigenvalue weighted by molar-refractivity contribution is 6.21. The zero-order valence-corrected chi connectivity index (χ0v) is 10.3. The molecule has 0 fully saturated rings. The Hall–Kier alpha value is -1.15. The van der Waals surface area contributed by atoms with E-state index in [2.05, 4.69) is 36.2 Å². The number of rotatable bonds is 3. The summed E-state index contributed by atoms with van der Waals surface area (Å²) in [5, 5.41) is 10.7. The highest BCUT2D eigenvalue weighted by Gasteiger charge is 2.18. The van der Waals surface area contributed by atoms with Crippen LogP contribution in [-0.2, 0) is 0 Å². The number of hydrogen-bond donors (Lipinski definition) is 0. The van der Waals surface area contributed by atoms with Crippen LogP contribution in [0.3, 0.4) is 0 Å². The summed E-state index contributed by atoms with van der Waals surface area (Å²) in [4.78, 5) is 0. The van der Waals surface area contributed by atoms with E-state index in [1.54, 1.807) is 6.20 Å². The number of halogens is 1. The Morgan fingerprint density at radius 2 is 2.06 bits per heavy atom. The molecule has 84 valence electrons. The summed E-state index contributed by atoms with van der Waals surface area (Å²) in [5.41, 5.74) is 1.000. The van der Waals surface area contributed by atoms with E-state index in [-0.39, 0.29) is 11.3 Å². The smallest absolute Gasteiger partial charge is 0.0752 e. The molecule has 2 unspecified atom stereocenters. The van der Waals surface area contributed by atoms with Crippen LogP contribution < -0.4 is 0 Å². The lowest BCUT2D eigenvalue weighted by atomic mass is 9.97. The molecule has 0 radical (unpaired) electrons. The van der Waals surface area contributed by atoms with Crippen molar-refractivity contribution in [2.75, 3.05) is 0 Å². The average Bonchev–Trinajstić information content (AvgIpc) is 2.36. The Morgan fingerprint density at radius 3 is 2.81 bits per heavy atom. The van der Waals surface area contributed by atoms with E-state index in [1.807, 2.05) is 12.1 Å². The minimum atomic E-state index is 0.111. The molecule has 2 atom stereocenters. The van der Waals surface area contributed by atoms with Crippen molar-refractivity contribution >= 4 is 22.4 Å². The van der Waals surface area contributed by atoms with Crippen molar-refractivity contribution in [1.29, 1.82) is 0 Å². The molecule has 0 amide bonds. The molecule has 0 aliphatic heterocycles. The van der Waals surface area contributed by atoms with Crippen LogP contribution in [-0.4, -0.2) is 15.6 Å². The highest BCUT2D eigenvalue weighted by Crippen LogP contribution is 2.28. The van der Waals surface area contributed by atoms with Crippen molar-refractivity contribution in [3.05, 3.63) is 36.2 Å². The number of nitrogens with zero attached hydrogens (tertiary/aromatic N) is 2. The lowest BCUT2D eigenvalue weighted by Gasteiger charge is -2.16. The molecule has 16 heavy (non-hydrogen) atoms. The van der Waals surface area contributed by atoms with Gasteiger partial charge in [-0.1, -0.05) is 38.1 Å². The van der Waals surface area contributed by atoms with Gasteiger partial charge >= 0.3 is 0 Å². The van der Waals surface area contributed by atoms with E-state index in [4.69, 9.17) is 11.6 Å². The fraction of sp³-hybridized carbons (Fsp3) is 0.385. The van der Waals surface area contributed by atoms with Gasteiger partial charge in [-0.3, -0.25) is 0 Å². The van der Waals surface area contributed by atoms with Crippen LogP contribution in [0.15, 0.2) is 30.5 Å². The molecule has 0 aliphatic rings. The Bertz CT molecular complexity index is 479. The summed E-state index contributed by atoms with van der Waals surface area (Å²) >= 11 is 6.28. The van der Waals surface area contributed by atoms with E-state index in [0.29, 0.717) is 0 Å². The van der Waals surface area contributed by atoms with Crippen LogP contribution in [0.5, 0.6) is 0 Å². The monoisotopic (exact) mass is 234 g/mol. The first kappa shape index (κ1) is 11.3. The third kappa shape index (κ3) is 2.03. The van der Waals surface area contributed by atoms with E-state index in [0.717, 1.165) is 22.9 Å². The molecule has 0 bridgehead atoms. The van der Waals surface area contributed by atoms with E-state index in [9.17, 15) is 0 Å². The number of benzene rings is 1. The van der Waals surface area contributed by atoms with Gasteiger partial charge in [-0.2, -0.15) is 10.2 Å². The van der Waals surface area contributed by atoms with Gasteiger partial charge in [0.25, 0.3) is 0 Å². The molecule has 0 aliphatic carbocycles. The van der Waals surface area contributed by atoms with Gasteiger partial charge in [0, 0.05) is 22.1 Å². The lowest BCUT2D eigenvalue weighted by molar-refractivity contribution is 0.652. The zero-order chi connectivity index (χ0) is 11.5. The maximum Gasteiger partial charge on any atom is 0.0752 e. The lowest BCUT2D eigenvalue weighted by Crippen LogP contribution is -2.11. The van der Waals surface area contributed by atoms with Crippen LogP contribution in [0.2, 0.25) is 0 Å². The summed E-state index contributed by atoms with van der Waals surface area (Å²) < 4.78 is 0. The molecular weight excluding hydrogens is 220 g/mol. The first-order valence-corrected chi connectivity index (χ1v) is 6.02. The Morgan fingerprint density at radius 1 is 1.31 bits per heavy atom. The largest absolute Gasteiger partial charge is 0.158 e. The molecule has 0 saturated carbocycles. The average molecular weight is 235 g/mol. The summed E-state index contributed by atoms with van der Waals surface area (Å²) in [6.45, 7) is 4.20. The van der Waals surface area contributed by atoms with Gasteiger partial charge in [-0.05, 0) is 6.42 Å². The van der Waals surface area contributed by atoms with Gasteiger partial charge in [0.2, 0.25) is 0 Å². The normalized spacial score (nSPS) is 14.9. The highest BCUT2D eigenvalue weighted by atomic mass is 35.5. The third-order valence-electron chi connectivity index (χ3n) is 2.96. The Labute approximate surface area is 101 Å². The Balaban J connectivity index is 2.52. The molecule has 0 spiro atoms. The third-order valence-corrected chi connectivity index (χ3v) is 3.65. The van der Waals surface area contributed by atoms with Gasteiger partial charge in [0.15, 0.2) is 0 Å². The summed E-state index contributed by atoms with van der Waals surface area (Å²) in [6, 6.07) is 8.16. The van der Waals surface area contributed by atoms with E-state index < -0.39 is 0 Å². The fourth-order valence-electron chi connectivity index (χ4n) is 1.91. The molecule has 1 aromatic heterocycles. The quantitative estimate of drug-likeness (QED) is 0.756. The van der Waals surface area contributed by atoms with Crippen molar-refractivity contribution in [1.82, 2.24) is 10.2 Å². The van der Waals surface area contributed by atoms with E-state index in [1.165, 1.54) is 0 Å². The van der Waals surface area contributed by atoms with Crippen LogP contribution in [0, 0.1) is 0 Å². The molecule has 1 aromatic carbocycles. The van der Waals surface area contributed by atoms with Crippen molar-refractivity contribution in [2.24, 2.45) is 0 Å². The van der Waals surface area contributed by atoms with Gasteiger partial charge in [0.05, 0.1) is 11.9 Å². The van der Waals surface area contributed by atoms with Crippen molar-refractivity contribution in [3.8, 4) is 0 Å². The zero-order valence-electron chi connectivity index (χ0n) is 9.52. The number of fused-ring (bicyclic) bond motifs is 1. The first-order valence-electron chi connectivity index (χ1n) is 5.58. The van der Waals surface area contributed by atoms with Crippen LogP contribution in [0.25, 0.3) is 10.8 Å².